The highest BCUT2D eigenvalue weighted by Crippen LogP contribution is 2.29. The van der Waals surface area contributed by atoms with Crippen molar-refractivity contribution in [1.82, 2.24) is 25.7 Å². The molecule has 1 saturated heterocycles. The number of nitrogens with one attached hydrogen (secondary N) is 2. The van der Waals surface area contributed by atoms with Crippen LogP contribution in [0.3, 0.4) is 0 Å². The van der Waals surface area contributed by atoms with Crippen LogP contribution >= 0.6 is 0 Å². The van der Waals surface area contributed by atoms with E-state index in [2.05, 4.69) is 25.7 Å². The Hall–Kier alpha value is -2.22. The molecule has 0 spiro atoms. The summed E-state index contributed by atoms with van der Waals surface area (Å²) in [5.41, 5.74) is 1.29. The Morgan fingerprint density at radius 2 is 2.26 bits per heavy atom. The van der Waals surface area contributed by atoms with Crippen molar-refractivity contribution < 1.29 is 14.1 Å². The Kier molecular flexibility index (Phi) is 4.71. The molecule has 2 aromatic heterocycles. The lowest BCUT2D eigenvalue weighted by Crippen LogP contribution is -2.36. The number of nitrogens with zero attached hydrogens (tertiary/aromatic N) is 3. The van der Waals surface area contributed by atoms with Gasteiger partial charge >= 0.3 is 0 Å². The average molecular weight is 319 g/mol. The predicted molar refractivity (Wildman–Crippen MR) is 80.8 cm³/mol. The lowest BCUT2D eigenvalue weighted by atomic mass is 9.91. The molecule has 8 heteroatoms. The molecular weight excluding hydrogens is 298 g/mol. The van der Waals surface area contributed by atoms with Crippen molar-refractivity contribution in [1.29, 1.82) is 0 Å². The van der Waals surface area contributed by atoms with Gasteiger partial charge in [-0.05, 0) is 38.2 Å². The Balaban J connectivity index is 1.78. The monoisotopic (exact) mass is 319 g/mol. The van der Waals surface area contributed by atoms with Gasteiger partial charge in [0.2, 0.25) is 5.89 Å². The maximum atomic E-state index is 12.5. The van der Waals surface area contributed by atoms with Crippen LogP contribution in [0.1, 0.15) is 53.7 Å². The van der Waals surface area contributed by atoms with Gasteiger partial charge < -0.3 is 14.6 Å². The van der Waals surface area contributed by atoms with E-state index in [-0.39, 0.29) is 17.9 Å². The van der Waals surface area contributed by atoms with E-state index < -0.39 is 0 Å². The van der Waals surface area contributed by atoms with Crippen LogP contribution in [0.4, 0.5) is 0 Å². The second kappa shape index (κ2) is 6.91. The Morgan fingerprint density at radius 3 is 2.87 bits per heavy atom. The van der Waals surface area contributed by atoms with Gasteiger partial charge in [0.1, 0.15) is 11.7 Å². The van der Waals surface area contributed by atoms with Crippen LogP contribution in [0.2, 0.25) is 0 Å². The van der Waals surface area contributed by atoms with E-state index >= 15 is 0 Å². The fraction of sp³-hybridized carbons (Fsp3) is 0.600. The molecule has 1 fully saturated rings. The average Bonchev–Trinajstić information content (AvgIpc) is 3.22. The Labute approximate surface area is 134 Å². The van der Waals surface area contributed by atoms with E-state index in [4.69, 9.17) is 9.26 Å². The number of hydrogen-bond acceptors (Lipinski definition) is 6. The van der Waals surface area contributed by atoms with Crippen molar-refractivity contribution in [2.45, 2.75) is 39.2 Å². The summed E-state index contributed by atoms with van der Waals surface area (Å²) in [6, 6.07) is 1.43. The smallest absolute Gasteiger partial charge is 0.272 e. The van der Waals surface area contributed by atoms with Crippen molar-refractivity contribution in [2.75, 3.05) is 13.2 Å². The first-order valence-corrected chi connectivity index (χ1v) is 7.90. The molecule has 8 nitrogen and oxygen atoms in total. The first kappa shape index (κ1) is 15.7. The Bertz CT molecular complexity index is 660. The Morgan fingerprint density at radius 1 is 1.48 bits per heavy atom. The number of aromatic nitrogens is 4. The van der Waals surface area contributed by atoms with E-state index in [1.165, 1.54) is 0 Å². The molecule has 2 N–H and O–H groups in total. The summed E-state index contributed by atoms with van der Waals surface area (Å²) in [5.74, 6) is 0.957. The third-order valence-electron chi connectivity index (χ3n) is 4.08. The van der Waals surface area contributed by atoms with Crippen molar-refractivity contribution >= 4 is 5.91 Å². The highest BCUT2D eigenvalue weighted by atomic mass is 16.5. The highest BCUT2D eigenvalue weighted by molar-refractivity contribution is 5.92. The van der Waals surface area contributed by atoms with Crippen molar-refractivity contribution in [3.8, 4) is 0 Å². The second-order valence-electron chi connectivity index (χ2n) is 5.71. The van der Waals surface area contributed by atoms with Gasteiger partial charge in [-0.25, -0.2) is 0 Å². The number of carbonyl (C=O) groups is 1. The second-order valence-corrected chi connectivity index (χ2v) is 5.71. The molecule has 0 saturated carbocycles. The molecule has 1 atom stereocenters. The predicted octanol–water partition coefficient (Wildman–Crippen LogP) is 1.56. The quantitative estimate of drug-likeness (QED) is 0.866. The lowest BCUT2D eigenvalue weighted by molar-refractivity contribution is 0.0467. The summed E-state index contributed by atoms with van der Waals surface area (Å²) in [7, 11) is 0. The van der Waals surface area contributed by atoms with Gasteiger partial charge in [-0.15, -0.1) is 0 Å². The summed E-state index contributed by atoms with van der Waals surface area (Å²) in [6.45, 7) is 5.11. The third kappa shape index (κ3) is 3.58. The number of carbonyl (C=O) groups excluding carboxylic acids is 1. The molecule has 3 heterocycles. The molecule has 0 radical (unpaired) electrons. The maximum Gasteiger partial charge on any atom is 0.272 e. The summed E-state index contributed by atoms with van der Waals surface area (Å²) in [4.78, 5) is 16.8. The molecule has 1 amide bonds. The van der Waals surface area contributed by atoms with E-state index in [9.17, 15) is 4.79 Å². The zero-order valence-corrected chi connectivity index (χ0v) is 13.3. The molecule has 1 aliphatic heterocycles. The van der Waals surface area contributed by atoms with Gasteiger partial charge in [0.25, 0.3) is 5.91 Å². The summed E-state index contributed by atoms with van der Waals surface area (Å²) >= 11 is 0. The molecule has 0 aliphatic carbocycles. The van der Waals surface area contributed by atoms with Gasteiger partial charge in [-0.1, -0.05) is 12.1 Å². The summed E-state index contributed by atoms with van der Waals surface area (Å²) in [6.07, 6.45) is 2.48. The number of ether oxygens (including phenoxy) is 1. The van der Waals surface area contributed by atoms with Crippen LogP contribution < -0.4 is 5.32 Å². The topological polar surface area (TPSA) is 106 Å². The van der Waals surface area contributed by atoms with Gasteiger partial charge in [-0.3, -0.25) is 9.89 Å². The number of aryl methyl sites for hydroxylation is 2. The first-order chi connectivity index (χ1) is 11.2. The van der Waals surface area contributed by atoms with Crippen molar-refractivity contribution in [3.63, 3.8) is 0 Å². The van der Waals surface area contributed by atoms with Crippen LogP contribution in [-0.2, 0) is 11.2 Å². The highest BCUT2D eigenvalue weighted by Gasteiger charge is 2.31. The normalized spacial score (nSPS) is 17.1. The molecule has 2 aromatic rings. The molecule has 0 unspecified atom stereocenters. The molecule has 3 rings (SSSR count). The fourth-order valence-electron chi connectivity index (χ4n) is 2.74. The van der Waals surface area contributed by atoms with Crippen LogP contribution in [0.5, 0.6) is 0 Å². The van der Waals surface area contributed by atoms with Crippen LogP contribution in [0.15, 0.2) is 10.6 Å². The number of rotatable bonds is 5. The molecule has 124 valence electrons. The summed E-state index contributed by atoms with van der Waals surface area (Å²) in [5, 5.41) is 13.7. The zero-order chi connectivity index (χ0) is 16.2. The van der Waals surface area contributed by atoms with Crippen LogP contribution in [0, 0.1) is 12.8 Å². The van der Waals surface area contributed by atoms with Gasteiger partial charge in [0.15, 0.2) is 5.82 Å². The van der Waals surface area contributed by atoms with E-state index in [0.29, 0.717) is 30.6 Å². The minimum Gasteiger partial charge on any atom is -0.381 e. The molecule has 0 aromatic carbocycles. The molecular formula is C15H21N5O3. The van der Waals surface area contributed by atoms with Gasteiger partial charge in [-0.2, -0.15) is 10.1 Å². The number of hydrogen-bond donors (Lipinski definition) is 2. The fourth-order valence-corrected chi connectivity index (χ4v) is 2.74. The van der Waals surface area contributed by atoms with E-state index in [1.807, 2.05) is 6.92 Å². The van der Waals surface area contributed by atoms with Gasteiger partial charge in [0.05, 0.1) is 0 Å². The van der Waals surface area contributed by atoms with Gasteiger partial charge in [0, 0.05) is 18.9 Å². The van der Waals surface area contributed by atoms with Crippen LogP contribution in [-0.4, -0.2) is 39.5 Å². The minimum atomic E-state index is -0.325. The van der Waals surface area contributed by atoms with Crippen LogP contribution in [0.25, 0.3) is 0 Å². The SMILES string of the molecule is CCc1cc(C(=O)N[C@@H](c2nc(C)no2)C2CCOCC2)n[nH]1. The lowest BCUT2D eigenvalue weighted by Gasteiger charge is -2.28. The van der Waals surface area contributed by atoms with E-state index in [1.54, 1.807) is 13.0 Å². The largest absolute Gasteiger partial charge is 0.381 e. The standard InChI is InChI=1S/C15H21N5O3/c1-3-11-8-12(19-18-11)14(21)17-13(10-4-6-22-7-5-10)15-16-9(2)20-23-15/h8,10,13H,3-7H2,1-2H3,(H,17,21)(H,18,19)/t13-/m1/s1. The van der Waals surface area contributed by atoms with Crippen molar-refractivity contribution in [3.05, 3.63) is 29.2 Å². The first-order valence-electron chi connectivity index (χ1n) is 7.90. The van der Waals surface area contributed by atoms with Crippen molar-refractivity contribution in [2.24, 2.45) is 5.92 Å². The molecule has 1 aliphatic rings. The van der Waals surface area contributed by atoms with E-state index in [0.717, 1.165) is 25.0 Å². The molecule has 23 heavy (non-hydrogen) atoms. The maximum absolute atomic E-state index is 12.5. The number of H-pyrrole nitrogens is 1. The molecule has 0 bridgehead atoms. The third-order valence-corrected chi connectivity index (χ3v) is 4.08. The number of amides is 1. The summed E-state index contributed by atoms with van der Waals surface area (Å²) < 4.78 is 10.7. The number of aromatic amines is 1. The minimum absolute atomic E-state index is 0.206. The zero-order valence-electron chi connectivity index (χ0n) is 13.3.